The molecule has 33 heavy (non-hydrogen) atoms. The van der Waals surface area contributed by atoms with Crippen molar-refractivity contribution in [2.45, 2.75) is 39.2 Å². The van der Waals surface area contributed by atoms with E-state index in [-0.39, 0.29) is 29.3 Å². The van der Waals surface area contributed by atoms with Crippen molar-refractivity contribution in [1.82, 2.24) is 19.4 Å². The van der Waals surface area contributed by atoms with Gasteiger partial charge in [-0.25, -0.2) is 4.79 Å². The number of nitrogens with zero attached hydrogens (tertiary/aromatic N) is 2. The molecule has 3 heterocycles. The number of Topliss-reactive ketones (excluding diaryl/α,β-unsaturated/α-hetero) is 1. The molecule has 7 nitrogen and oxygen atoms in total. The first kappa shape index (κ1) is 21.2. The van der Waals surface area contributed by atoms with Crippen LogP contribution < -0.4 is 5.69 Å². The van der Waals surface area contributed by atoms with Crippen LogP contribution in [0.4, 0.5) is 0 Å². The van der Waals surface area contributed by atoms with Crippen LogP contribution in [0.3, 0.4) is 0 Å². The number of carbonyl (C=O) groups is 2. The Labute approximate surface area is 191 Å². The van der Waals surface area contributed by atoms with Crippen molar-refractivity contribution in [1.29, 1.82) is 0 Å². The second-order valence-electron chi connectivity index (χ2n) is 8.93. The number of fused-ring (bicyclic) bond motifs is 2. The number of aromatic amines is 2. The van der Waals surface area contributed by atoms with Crippen molar-refractivity contribution in [3.05, 3.63) is 70.3 Å². The van der Waals surface area contributed by atoms with Crippen molar-refractivity contribution in [2.24, 2.45) is 5.92 Å². The molecule has 0 saturated carbocycles. The predicted molar refractivity (Wildman–Crippen MR) is 129 cm³/mol. The van der Waals surface area contributed by atoms with Gasteiger partial charge in [0.05, 0.1) is 22.3 Å². The molecular formula is C26H28N4O3. The summed E-state index contributed by atoms with van der Waals surface area (Å²) in [4.78, 5) is 47.3. The van der Waals surface area contributed by atoms with Crippen LogP contribution in [0.2, 0.25) is 0 Å². The van der Waals surface area contributed by atoms with E-state index in [4.69, 9.17) is 0 Å². The first-order valence-electron chi connectivity index (χ1n) is 11.6. The summed E-state index contributed by atoms with van der Waals surface area (Å²) in [5.41, 5.74) is 3.29. The van der Waals surface area contributed by atoms with Crippen LogP contribution in [0.15, 0.2) is 53.3 Å². The molecule has 2 aromatic heterocycles. The molecule has 0 bridgehead atoms. The van der Waals surface area contributed by atoms with Crippen LogP contribution in [0.5, 0.6) is 0 Å². The van der Waals surface area contributed by atoms with Gasteiger partial charge in [-0.05, 0) is 37.5 Å². The molecule has 170 valence electrons. The Kier molecular flexibility index (Phi) is 5.40. The van der Waals surface area contributed by atoms with Gasteiger partial charge in [0.15, 0.2) is 5.78 Å². The third-order valence-corrected chi connectivity index (χ3v) is 6.97. The Balaban J connectivity index is 1.43. The second kappa shape index (κ2) is 8.39. The van der Waals surface area contributed by atoms with Gasteiger partial charge < -0.3 is 14.9 Å². The van der Waals surface area contributed by atoms with E-state index in [0.717, 1.165) is 21.9 Å². The second-order valence-corrected chi connectivity index (χ2v) is 8.93. The highest BCUT2D eigenvalue weighted by atomic mass is 16.2. The zero-order valence-corrected chi connectivity index (χ0v) is 18.9. The maximum atomic E-state index is 13.7. The smallest absolute Gasteiger partial charge is 0.326 e. The Bertz CT molecular complexity index is 1400. The highest BCUT2D eigenvalue weighted by molar-refractivity contribution is 6.16. The van der Waals surface area contributed by atoms with Gasteiger partial charge in [0.25, 0.3) is 5.91 Å². The minimum atomic E-state index is -0.163. The number of likely N-dealkylation sites (tertiary alicyclic amines) is 1. The number of para-hydroxylation sites is 3. The largest absolute Gasteiger partial charge is 0.351 e. The van der Waals surface area contributed by atoms with Crippen molar-refractivity contribution in [3.8, 4) is 0 Å². The summed E-state index contributed by atoms with van der Waals surface area (Å²) in [5.74, 6) is -0.315. The summed E-state index contributed by atoms with van der Waals surface area (Å²) in [5, 5.41) is 0.782. The Morgan fingerprint density at radius 2 is 1.67 bits per heavy atom. The van der Waals surface area contributed by atoms with Crippen molar-refractivity contribution in [2.75, 3.05) is 13.1 Å². The SMILES string of the molecule is CCC(C)C(=O)c1[nH]c2ccccc2c1C(=O)N1CCC(n2c(=O)[nH]c3ccccc32)CC1. The van der Waals surface area contributed by atoms with E-state index < -0.39 is 0 Å². The lowest BCUT2D eigenvalue weighted by molar-refractivity contribution is 0.0691. The van der Waals surface area contributed by atoms with Crippen molar-refractivity contribution < 1.29 is 9.59 Å². The third kappa shape index (κ3) is 3.57. The molecule has 1 aliphatic rings. The van der Waals surface area contributed by atoms with Crippen molar-refractivity contribution >= 4 is 33.6 Å². The summed E-state index contributed by atoms with van der Waals surface area (Å²) < 4.78 is 1.82. The number of rotatable bonds is 5. The molecule has 1 atom stereocenters. The van der Waals surface area contributed by atoms with Gasteiger partial charge in [-0.1, -0.05) is 44.2 Å². The molecule has 7 heteroatoms. The monoisotopic (exact) mass is 444 g/mol. The summed E-state index contributed by atoms with van der Waals surface area (Å²) in [6.07, 6.45) is 2.08. The predicted octanol–water partition coefficient (Wildman–Crippen LogP) is 4.52. The maximum absolute atomic E-state index is 13.7. The molecule has 2 aromatic carbocycles. The molecular weight excluding hydrogens is 416 g/mol. The van der Waals surface area contributed by atoms with E-state index in [1.54, 1.807) is 0 Å². The molecule has 2 N–H and O–H groups in total. The third-order valence-electron chi connectivity index (χ3n) is 6.97. The van der Waals surface area contributed by atoms with Crippen LogP contribution in [-0.4, -0.2) is 44.2 Å². The highest BCUT2D eigenvalue weighted by Crippen LogP contribution is 2.30. The number of amides is 1. The summed E-state index contributed by atoms with van der Waals surface area (Å²) >= 11 is 0. The van der Waals surface area contributed by atoms with Crippen LogP contribution in [0.1, 0.15) is 60.0 Å². The van der Waals surface area contributed by atoms with E-state index in [1.807, 2.05) is 71.8 Å². The number of ketones is 1. The molecule has 1 fully saturated rings. The lowest BCUT2D eigenvalue weighted by atomic mass is 9.96. The summed E-state index contributed by atoms with van der Waals surface area (Å²) in [6.45, 7) is 4.94. The first-order valence-corrected chi connectivity index (χ1v) is 11.6. The first-order chi connectivity index (χ1) is 16.0. The van der Waals surface area contributed by atoms with E-state index in [2.05, 4.69) is 9.97 Å². The van der Waals surface area contributed by atoms with E-state index >= 15 is 0 Å². The number of H-pyrrole nitrogens is 2. The molecule has 1 unspecified atom stereocenters. The van der Waals surface area contributed by atoms with Gasteiger partial charge in [-0.2, -0.15) is 0 Å². The Morgan fingerprint density at radius 3 is 2.39 bits per heavy atom. The molecule has 0 spiro atoms. The Hall–Kier alpha value is -3.61. The standard InChI is InChI=1S/C26H28N4O3/c1-3-16(2)24(31)23-22(18-8-4-5-9-19(18)27-23)25(32)29-14-12-17(13-15-29)30-21-11-7-6-10-20(21)28-26(30)33/h4-11,16-17,27H,3,12-15H2,1-2H3,(H,28,33). The van der Waals surface area contributed by atoms with Gasteiger partial charge in [0.1, 0.15) is 0 Å². The van der Waals surface area contributed by atoms with Crippen LogP contribution in [0, 0.1) is 5.92 Å². The van der Waals surface area contributed by atoms with Crippen molar-refractivity contribution in [3.63, 3.8) is 0 Å². The number of imidazole rings is 1. The highest BCUT2D eigenvalue weighted by Gasteiger charge is 2.31. The zero-order valence-electron chi connectivity index (χ0n) is 18.9. The number of hydrogen-bond acceptors (Lipinski definition) is 3. The number of piperidine rings is 1. The molecule has 0 radical (unpaired) electrons. The molecule has 0 aliphatic carbocycles. The summed E-state index contributed by atoms with van der Waals surface area (Å²) in [6, 6.07) is 15.3. The normalized spacial score (nSPS) is 15.9. The quantitative estimate of drug-likeness (QED) is 0.444. The van der Waals surface area contributed by atoms with Crippen LogP contribution >= 0.6 is 0 Å². The van der Waals surface area contributed by atoms with Gasteiger partial charge in [0.2, 0.25) is 0 Å². The molecule has 1 aliphatic heterocycles. The lowest BCUT2D eigenvalue weighted by Crippen LogP contribution is -2.41. The van der Waals surface area contributed by atoms with Gasteiger partial charge in [-0.15, -0.1) is 0 Å². The van der Waals surface area contributed by atoms with E-state index in [0.29, 0.717) is 43.6 Å². The zero-order chi connectivity index (χ0) is 23.1. The fourth-order valence-corrected chi connectivity index (χ4v) is 4.90. The fraction of sp³-hybridized carbons (Fsp3) is 0.346. The average molecular weight is 445 g/mol. The Morgan fingerprint density at radius 1 is 1.00 bits per heavy atom. The molecule has 1 amide bonds. The summed E-state index contributed by atoms with van der Waals surface area (Å²) in [7, 11) is 0. The van der Waals surface area contributed by atoms with Gasteiger partial charge in [-0.3, -0.25) is 14.2 Å². The molecule has 5 rings (SSSR count). The van der Waals surface area contributed by atoms with Gasteiger partial charge >= 0.3 is 5.69 Å². The molecule has 4 aromatic rings. The number of nitrogens with one attached hydrogen (secondary N) is 2. The number of aromatic nitrogens is 3. The van der Waals surface area contributed by atoms with E-state index in [9.17, 15) is 14.4 Å². The minimum absolute atomic E-state index is 0.0295. The van der Waals surface area contributed by atoms with Crippen LogP contribution in [-0.2, 0) is 0 Å². The lowest BCUT2D eigenvalue weighted by Gasteiger charge is -2.32. The van der Waals surface area contributed by atoms with E-state index in [1.165, 1.54) is 0 Å². The topological polar surface area (TPSA) is 91.0 Å². The molecule has 1 saturated heterocycles. The van der Waals surface area contributed by atoms with Gasteiger partial charge in [0, 0.05) is 36.0 Å². The van der Waals surface area contributed by atoms with Crippen LogP contribution in [0.25, 0.3) is 21.9 Å². The number of benzene rings is 2. The maximum Gasteiger partial charge on any atom is 0.326 e. The fourth-order valence-electron chi connectivity index (χ4n) is 4.90. The average Bonchev–Trinajstić information content (AvgIpc) is 3.40. The minimum Gasteiger partial charge on any atom is -0.351 e. The number of carbonyl (C=O) groups excluding carboxylic acids is 2. The number of hydrogen-bond donors (Lipinski definition) is 2.